The Morgan fingerprint density at radius 2 is 1.62 bits per heavy atom. The van der Waals surface area contributed by atoms with Gasteiger partial charge in [0.1, 0.15) is 0 Å². The smallest absolute Gasteiger partial charge is 0.228 e. The molecule has 0 heterocycles. The zero-order chi connectivity index (χ0) is 10.1. The largest absolute Gasteiger partial charge is 0.473 e. The van der Waals surface area contributed by atoms with Crippen LogP contribution < -0.4 is 0 Å². The van der Waals surface area contributed by atoms with Crippen molar-refractivity contribution in [1.29, 1.82) is 0 Å². The lowest BCUT2D eigenvalue weighted by Gasteiger charge is -1.97. The van der Waals surface area contributed by atoms with Crippen LogP contribution in [0.3, 0.4) is 0 Å². The van der Waals surface area contributed by atoms with E-state index in [-0.39, 0.29) is 4.90 Å². The van der Waals surface area contributed by atoms with Gasteiger partial charge in [0.05, 0.1) is 4.90 Å². The third-order valence-electron chi connectivity index (χ3n) is 1.55. The molecule has 0 aliphatic carbocycles. The summed E-state index contributed by atoms with van der Waals surface area (Å²) in [6.07, 6.45) is 0. The molecule has 0 spiro atoms. The number of hydrogen-bond donors (Lipinski definition) is 0. The quantitative estimate of drug-likeness (QED) is 0.684. The van der Waals surface area contributed by atoms with Crippen molar-refractivity contribution >= 4 is 15.1 Å². The second-order valence-electron chi connectivity index (χ2n) is 2.57. The molecule has 0 aromatic heterocycles. The van der Waals surface area contributed by atoms with Crippen LogP contribution in [0, 0.1) is 6.92 Å². The summed E-state index contributed by atoms with van der Waals surface area (Å²) in [6, 6.07) is 5.52. The summed E-state index contributed by atoms with van der Waals surface area (Å²) in [5, 5.41) is 8.13. The standard InChI is InChI=1S/C8H7O4S/c1-6-2-4-7(5-3-6)13(11,12)8(9)10/h2-5H,1H3. The van der Waals surface area contributed by atoms with Gasteiger partial charge in [0.2, 0.25) is 0 Å². The second kappa shape index (κ2) is 3.18. The van der Waals surface area contributed by atoms with Crippen LogP contribution in [0.1, 0.15) is 5.56 Å². The predicted molar refractivity (Wildman–Crippen MR) is 44.4 cm³/mol. The van der Waals surface area contributed by atoms with Crippen LogP contribution in [0.2, 0.25) is 0 Å². The van der Waals surface area contributed by atoms with Gasteiger partial charge in [-0.25, -0.2) is 18.3 Å². The maximum absolute atomic E-state index is 11.0. The van der Waals surface area contributed by atoms with Gasteiger partial charge in [-0.1, -0.05) is 17.7 Å². The van der Waals surface area contributed by atoms with Crippen molar-refractivity contribution < 1.29 is 18.3 Å². The third kappa shape index (κ3) is 1.86. The first-order valence-corrected chi connectivity index (χ1v) is 4.95. The minimum absolute atomic E-state index is 0.252. The Morgan fingerprint density at radius 1 is 1.15 bits per heavy atom. The summed E-state index contributed by atoms with van der Waals surface area (Å²) in [5.41, 5.74) is 0.859. The topological polar surface area (TPSA) is 71.1 Å². The van der Waals surface area contributed by atoms with Crippen LogP contribution in [0.25, 0.3) is 0 Å². The minimum atomic E-state index is -4.29. The van der Waals surface area contributed by atoms with Crippen molar-refractivity contribution in [2.75, 3.05) is 0 Å². The van der Waals surface area contributed by atoms with Gasteiger partial charge in [0.15, 0.2) is 0 Å². The van der Waals surface area contributed by atoms with Crippen LogP contribution in [-0.4, -0.2) is 13.7 Å². The van der Waals surface area contributed by atoms with Gasteiger partial charge < -0.3 is 0 Å². The molecule has 0 aliphatic heterocycles. The summed E-state index contributed by atoms with van der Waals surface area (Å²) < 4.78 is 22.0. The van der Waals surface area contributed by atoms with E-state index in [1.165, 1.54) is 24.3 Å². The van der Waals surface area contributed by atoms with Gasteiger partial charge in [-0.05, 0) is 19.1 Å². The van der Waals surface area contributed by atoms with Crippen LogP contribution in [0.4, 0.5) is 4.79 Å². The molecular weight excluding hydrogens is 192 g/mol. The molecule has 69 valence electrons. The molecule has 0 N–H and O–H groups in total. The minimum Gasteiger partial charge on any atom is -0.228 e. The Labute approximate surface area is 75.7 Å². The zero-order valence-corrected chi connectivity index (χ0v) is 7.67. The fourth-order valence-electron chi connectivity index (χ4n) is 0.814. The molecular formula is C8H7O4S. The van der Waals surface area contributed by atoms with E-state index >= 15 is 0 Å². The van der Waals surface area contributed by atoms with Gasteiger partial charge in [0, 0.05) is 0 Å². The van der Waals surface area contributed by atoms with Gasteiger partial charge in [-0.3, -0.25) is 0 Å². The first-order valence-electron chi connectivity index (χ1n) is 3.47. The Kier molecular flexibility index (Phi) is 2.38. The SMILES string of the molecule is Cc1ccc(S(=O)(=O)C([O])=O)cc1. The van der Waals surface area contributed by atoms with Crippen molar-refractivity contribution in [2.24, 2.45) is 0 Å². The Bertz CT molecular complexity index is 416. The molecule has 0 amide bonds. The lowest BCUT2D eigenvalue weighted by atomic mass is 10.2. The van der Waals surface area contributed by atoms with Gasteiger partial charge in [-0.15, -0.1) is 0 Å². The van der Waals surface area contributed by atoms with Crippen LogP contribution in [-0.2, 0) is 14.9 Å². The third-order valence-corrected chi connectivity index (χ3v) is 2.88. The zero-order valence-electron chi connectivity index (χ0n) is 6.85. The van der Waals surface area contributed by atoms with Crippen LogP contribution in [0.5, 0.6) is 0 Å². The average Bonchev–Trinajstić information content (AvgIpc) is 2.04. The van der Waals surface area contributed by atoms with Crippen molar-refractivity contribution in [3.8, 4) is 0 Å². The number of aryl methyl sites for hydroxylation is 1. The van der Waals surface area contributed by atoms with E-state index in [0.29, 0.717) is 0 Å². The summed E-state index contributed by atoms with van der Waals surface area (Å²) in [7, 11) is -4.29. The molecule has 1 rings (SSSR count). The lowest BCUT2D eigenvalue weighted by Crippen LogP contribution is -2.10. The maximum Gasteiger partial charge on any atom is 0.473 e. The predicted octanol–water partition coefficient (Wildman–Crippen LogP) is 1.32. The number of benzene rings is 1. The highest BCUT2D eigenvalue weighted by molar-refractivity contribution is 8.05. The average molecular weight is 199 g/mol. The number of carbonyl (C=O) groups excluding carboxylic acids is 1. The monoisotopic (exact) mass is 199 g/mol. The Morgan fingerprint density at radius 3 is 2.00 bits per heavy atom. The second-order valence-corrected chi connectivity index (χ2v) is 4.38. The number of hydrogen-bond acceptors (Lipinski definition) is 3. The summed E-state index contributed by atoms with van der Waals surface area (Å²) >= 11 is 0. The van der Waals surface area contributed by atoms with E-state index in [0.717, 1.165) is 5.56 Å². The van der Waals surface area contributed by atoms with Gasteiger partial charge in [0.25, 0.3) is 9.84 Å². The number of sulfone groups is 1. The van der Waals surface area contributed by atoms with Gasteiger partial charge >= 0.3 is 5.30 Å². The van der Waals surface area contributed by atoms with E-state index < -0.39 is 15.1 Å². The molecule has 0 aliphatic rings. The molecule has 0 bridgehead atoms. The highest BCUT2D eigenvalue weighted by Crippen LogP contribution is 2.12. The molecule has 0 saturated heterocycles. The highest BCUT2D eigenvalue weighted by atomic mass is 32.2. The first kappa shape index (κ1) is 9.73. The molecule has 1 aromatic rings. The van der Waals surface area contributed by atoms with E-state index in [4.69, 9.17) is 0 Å². The Hall–Kier alpha value is -1.36. The highest BCUT2D eigenvalue weighted by Gasteiger charge is 2.25. The Balaban J connectivity index is 3.25. The summed E-state index contributed by atoms with van der Waals surface area (Å²) in [6.45, 7) is 1.77. The van der Waals surface area contributed by atoms with Crippen molar-refractivity contribution in [3.63, 3.8) is 0 Å². The lowest BCUT2D eigenvalue weighted by molar-refractivity contribution is 0.196. The van der Waals surface area contributed by atoms with Crippen molar-refractivity contribution in [1.82, 2.24) is 0 Å². The molecule has 1 radical (unpaired) electrons. The number of rotatable bonds is 1. The molecule has 13 heavy (non-hydrogen) atoms. The van der Waals surface area contributed by atoms with E-state index in [1.54, 1.807) is 6.92 Å². The summed E-state index contributed by atoms with van der Waals surface area (Å²) in [5.74, 6) is 0. The number of carbonyl (C=O) groups is 1. The molecule has 0 atom stereocenters. The molecule has 0 saturated carbocycles. The molecule has 0 unspecified atom stereocenters. The van der Waals surface area contributed by atoms with E-state index in [9.17, 15) is 18.3 Å². The maximum atomic E-state index is 11.0. The van der Waals surface area contributed by atoms with Crippen LogP contribution in [0.15, 0.2) is 29.2 Å². The first-order chi connectivity index (χ1) is 5.94. The fraction of sp³-hybridized carbons (Fsp3) is 0.125. The van der Waals surface area contributed by atoms with Crippen molar-refractivity contribution in [3.05, 3.63) is 29.8 Å². The molecule has 5 heteroatoms. The molecule has 1 aromatic carbocycles. The van der Waals surface area contributed by atoms with E-state index in [1.807, 2.05) is 0 Å². The summed E-state index contributed by atoms with van der Waals surface area (Å²) in [4.78, 5) is 9.96. The fourth-order valence-corrected chi connectivity index (χ4v) is 1.50. The normalized spacial score (nSPS) is 11.2. The van der Waals surface area contributed by atoms with E-state index in [2.05, 4.69) is 0 Å². The van der Waals surface area contributed by atoms with Gasteiger partial charge in [-0.2, -0.15) is 0 Å². The molecule has 4 nitrogen and oxygen atoms in total. The molecule has 0 fully saturated rings. The van der Waals surface area contributed by atoms with Crippen molar-refractivity contribution in [2.45, 2.75) is 11.8 Å². The van der Waals surface area contributed by atoms with Crippen LogP contribution >= 0.6 is 0 Å².